The summed E-state index contributed by atoms with van der Waals surface area (Å²) >= 11 is 0. The fraction of sp³-hybridized carbons (Fsp3) is 0.231. The van der Waals surface area contributed by atoms with Crippen LogP contribution in [-0.4, -0.2) is 4.98 Å². The van der Waals surface area contributed by atoms with Crippen LogP contribution < -0.4 is 0 Å². The molecule has 0 amide bonds. The van der Waals surface area contributed by atoms with Crippen LogP contribution in [0.3, 0.4) is 0 Å². The van der Waals surface area contributed by atoms with Crippen molar-refractivity contribution in [3.63, 3.8) is 0 Å². The Bertz CT molecular complexity index is 488. The molecule has 16 heavy (non-hydrogen) atoms. The molecule has 2 rings (SSSR count). The number of aromatic nitrogens is 1. The third-order valence-corrected chi connectivity index (χ3v) is 2.59. The summed E-state index contributed by atoms with van der Waals surface area (Å²) in [4.78, 5) is 3.11. The van der Waals surface area contributed by atoms with E-state index in [2.05, 4.69) is 4.98 Å². The molecular formula is C13H13F2N. The number of nitrogens with one attached hydrogen (secondary N) is 1. The van der Waals surface area contributed by atoms with E-state index >= 15 is 0 Å². The van der Waals surface area contributed by atoms with Gasteiger partial charge in [0.2, 0.25) is 0 Å². The van der Waals surface area contributed by atoms with Gasteiger partial charge in [0.05, 0.1) is 0 Å². The monoisotopic (exact) mass is 221 g/mol. The van der Waals surface area contributed by atoms with E-state index in [4.69, 9.17) is 0 Å². The predicted octanol–water partition coefficient (Wildman–Crippen LogP) is 3.45. The standard InChI is InChI=1S/C13H13F2N/c1-2-12-6-9(8-16-12)5-10-3-4-11(14)7-13(10)15/h3-4,6-8,16H,2,5H2,1H3. The number of aryl methyl sites for hydroxylation is 1. The predicted molar refractivity (Wildman–Crippen MR) is 59.3 cm³/mol. The average molecular weight is 221 g/mol. The fourth-order valence-electron chi connectivity index (χ4n) is 1.68. The molecule has 0 aliphatic carbocycles. The first-order valence-corrected chi connectivity index (χ1v) is 5.29. The van der Waals surface area contributed by atoms with Crippen LogP contribution in [0.15, 0.2) is 30.5 Å². The SMILES string of the molecule is CCc1cc(Cc2ccc(F)cc2F)c[nH]1. The Morgan fingerprint density at radius 3 is 2.62 bits per heavy atom. The summed E-state index contributed by atoms with van der Waals surface area (Å²) < 4.78 is 26.1. The second-order valence-electron chi connectivity index (χ2n) is 3.80. The van der Waals surface area contributed by atoms with Crippen molar-refractivity contribution in [2.45, 2.75) is 19.8 Å². The molecule has 1 N–H and O–H groups in total. The van der Waals surface area contributed by atoms with Gasteiger partial charge in [-0.1, -0.05) is 13.0 Å². The molecule has 0 fully saturated rings. The molecule has 84 valence electrons. The van der Waals surface area contributed by atoms with Crippen molar-refractivity contribution in [2.24, 2.45) is 0 Å². The van der Waals surface area contributed by atoms with E-state index in [0.717, 1.165) is 23.7 Å². The van der Waals surface area contributed by atoms with Gasteiger partial charge in [0.1, 0.15) is 11.6 Å². The van der Waals surface area contributed by atoms with Crippen LogP contribution in [-0.2, 0) is 12.8 Å². The molecule has 0 aliphatic heterocycles. The highest BCUT2D eigenvalue weighted by molar-refractivity contribution is 5.27. The van der Waals surface area contributed by atoms with Gasteiger partial charge in [-0.25, -0.2) is 8.78 Å². The maximum atomic E-state index is 13.4. The van der Waals surface area contributed by atoms with E-state index in [9.17, 15) is 8.78 Å². The number of benzene rings is 1. The average Bonchev–Trinajstić information content (AvgIpc) is 2.70. The van der Waals surface area contributed by atoms with Crippen LogP contribution >= 0.6 is 0 Å². The molecule has 0 unspecified atom stereocenters. The Balaban J connectivity index is 2.20. The summed E-state index contributed by atoms with van der Waals surface area (Å²) in [5.74, 6) is -1.02. The van der Waals surface area contributed by atoms with Gasteiger partial charge in [0.25, 0.3) is 0 Å². The Labute approximate surface area is 93.1 Å². The van der Waals surface area contributed by atoms with Crippen LogP contribution in [0.5, 0.6) is 0 Å². The van der Waals surface area contributed by atoms with Crippen molar-refractivity contribution < 1.29 is 8.78 Å². The van der Waals surface area contributed by atoms with Gasteiger partial charge in [-0.2, -0.15) is 0 Å². The minimum atomic E-state index is -0.537. The molecule has 3 heteroatoms. The zero-order valence-electron chi connectivity index (χ0n) is 9.06. The number of H-pyrrole nitrogens is 1. The molecule has 0 spiro atoms. The second kappa shape index (κ2) is 4.47. The molecule has 2 aromatic rings. The smallest absolute Gasteiger partial charge is 0.129 e. The molecule has 0 atom stereocenters. The highest BCUT2D eigenvalue weighted by Crippen LogP contribution is 2.15. The van der Waals surface area contributed by atoms with Gasteiger partial charge in [0.15, 0.2) is 0 Å². The van der Waals surface area contributed by atoms with Crippen molar-refractivity contribution in [1.82, 2.24) is 4.98 Å². The van der Waals surface area contributed by atoms with E-state index < -0.39 is 11.6 Å². The molecule has 0 aliphatic rings. The third kappa shape index (κ3) is 2.30. The van der Waals surface area contributed by atoms with Crippen molar-refractivity contribution in [1.29, 1.82) is 0 Å². The zero-order chi connectivity index (χ0) is 11.5. The van der Waals surface area contributed by atoms with Crippen LogP contribution in [0.25, 0.3) is 0 Å². The number of hydrogen-bond donors (Lipinski definition) is 1. The molecule has 1 aromatic carbocycles. The van der Waals surface area contributed by atoms with Crippen LogP contribution in [0, 0.1) is 11.6 Å². The zero-order valence-corrected chi connectivity index (χ0v) is 9.06. The van der Waals surface area contributed by atoms with Crippen molar-refractivity contribution >= 4 is 0 Å². The van der Waals surface area contributed by atoms with E-state index in [1.165, 1.54) is 12.1 Å². The van der Waals surface area contributed by atoms with Gasteiger partial charge in [-0.05, 0) is 29.7 Å². The fourth-order valence-corrected chi connectivity index (χ4v) is 1.68. The molecule has 0 radical (unpaired) electrons. The quantitative estimate of drug-likeness (QED) is 0.817. The second-order valence-corrected chi connectivity index (χ2v) is 3.80. The maximum absolute atomic E-state index is 13.4. The molecular weight excluding hydrogens is 208 g/mol. The highest BCUT2D eigenvalue weighted by atomic mass is 19.1. The number of rotatable bonds is 3. The lowest BCUT2D eigenvalue weighted by molar-refractivity contribution is 0.574. The van der Waals surface area contributed by atoms with Crippen LogP contribution in [0.2, 0.25) is 0 Å². The molecule has 1 nitrogen and oxygen atoms in total. The molecule has 1 aromatic heterocycles. The maximum Gasteiger partial charge on any atom is 0.129 e. The van der Waals surface area contributed by atoms with Crippen molar-refractivity contribution in [2.75, 3.05) is 0 Å². The summed E-state index contributed by atoms with van der Waals surface area (Å²) in [6, 6.07) is 5.70. The third-order valence-electron chi connectivity index (χ3n) is 2.59. The summed E-state index contributed by atoms with van der Waals surface area (Å²) in [7, 11) is 0. The number of aromatic amines is 1. The highest BCUT2D eigenvalue weighted by Gasteiger charge is 2.05. The van der Waals surface area contributed by atoms with Crippen molar-refractivity contribution in [3.8, 4) is 0 Å². The molecule has 0 saturated carbocycles. The van der Waals surface area contributed by atoms with Crippen LogP contribution in [0.4, 0.5) is 8.78 Å². The first-order valence-electron chi connectivity index (χ1n) is 5.29. The Kier molecular flexibility index (Phi) is 3.04. The Morgan fingerprint density at radius 1 is 1.19 bits per heavy atom. The van der Waals surface area contributed by atoms with Gasteiger partial charge in [-0.3, -0.25) is 0 Å². The minimum Gasteiger partial charge on any atom is -0.365 e. The van der Waals surface area contributed by atoms with E-state index in [1.54, 1.807) is 0 Å². The van der Waals surface area contributed by atoms with Gasteiger partial charge >= 0.3 is 0 Å². The molecule has 0 bridgehead atoms. The summed E-state index contributed by atoms with van der Waals surface area (Å²) in [6.07, 6.45) is 3.27. The summed E-state index contributed by atoms with van der Waals surface area (Å²) in [6.45, 7) is 2.05. The number of halogens is 2. The topological polar surface area (TPSA) is 15.8 Å². The van der Waals surface area contributed by atoms with E-state index in [0.29, 0.717) is 12.0 Å². The normalized spacial score (nSPS) is 10.7. The summed E-state index contributed by atoms with van der Waals surface area (Å²) in [5.41, 5.74) is 2.66. The Morgan fingerprint density at radius 2 is 2.00 bits per heavy atom. The lowest BCUT2D eigenvalue weighted by Crippen LogP contribution is -1.92. The lowest BCUT2D eigenvalue weighted by atomic mass is 10.1. The van der Waals surface area contributed by atoms with Crippen molar-refractivity contribution in [3.05, 3.63) is 58.9 Å². The van der Waals surface area contributed by atoms with Crippen LogP contribution in [0.1, 0.15) is 23.7 Å². The van der Waals surface area contributed by atoms with E-state index in [-0.39, 0.29) is 0 Å². The lowest BCUT2D eigenvalue weighted by Gasteiger charge is -2.01. The number of hydrogen-bond acceptors (Lipinski definition) is 0. The van der Waals surface area contributed by atoms with E-state index in [1.807, 2.05) is 19.2 Å². The Hall–Kier alpha value is -1.64. The first kappa shape index (κ1) is 10.9. The van der Waals surface area contributed by atoms with Gasteiger partial charge in [0, 0.05) is 24.4 Å². The first-order chi connectivity index (χ1) is 7.69. The minimum absolute atomic E-state index is 0.487. The van der Waals surface area contributed by atoms with Gasteiger partial charge in [-0.15, -0.1) is 0 Å². The van der Waals surface area contributed by atoms with Gasteiger partial charge < -0.3 is 4.98 Å². The summed E-state index contributed by atoms with van der Waals surface area (Å²) in [5, 5.41) is 0. The largest absolute Gasteiger partial charge is 0.365 e. The molecule has 0 saturated heterocycles. The molecule has 1 heterocycles.